The molecule has 0 spiro atoms. The summed E-state index contributed by atoms with van der Waals surface area (Å²) in [6.07, 6.45) is 0. The van der Waals surface area contributed by atoms with Crippen molar-refractivity contribution in [2.24, 2.45) is 0 Å². The van der Waals surface area contributed by atoms with Crippen LogP contribution in [0.1, 0.15) is 37.4 Å². The summed E-state index contributed by atoms with van der Waals surface area (Å²) in [5, 5.41) is 19.5. The van der Waals surface area contributed by atoms with Crippen molar-refractivity contribution in [3.05, 3.63) is 94.5 Å². The summed E-state index contributed by atoms with van der Waals surface area (Å²) in [7, 11) is -3.73. The quantitative estimate of drug-likeness (QED) is 0.315. The maximum absolute atomic E-state index is 14.6. The van der Waals surface area contributed by atoms with Gasteiger partial charge in [0.1, 0.15) is 0 Å². The lowest BCUT2D eigenvalue weighted by atomic mass is 9.91. The van der Waals surface area contributed by atoms with Crippen LogP contribution in [0.3, 0.4) is 0 Å². The fourth-order valence-corrected chi connectivity index (χ4v) is 7.21. The molecule has 3 aromatic carbocycles. The van der Waals surface area contributed by atoms with Gasteiger partial charge in [0, 0.05) is 34.8 Å². The number of rotatable bonds is 11. The molecular formula is C28H32NO5P. The van der Waals surface area contributed by atoms with Crippen molar-refractivity contribution < 1.29 is 24.4 Å². The van der Waals surface area contributed by atoms with E-state index >= 15 is 0 Å². The van der Waals surface area contributed by atoms with Crippen LogP contribution < -0.4 is 10.6 Å². The summed E-state index contributed by atoms with van der Waals surface area (Å²) in [5.41, 5.74) is 2.09. The third-order valence-corrected chi connectivity index (χ3v) is 9.04. The first-order chi connectivity index (χ1) is 16.7. The van der Waals surface area contributed by atoms with Gasteiger partial charge >= 0.3 is 0 Å². The molecule has 3 rings (SSSR count). The molecule has 6 nitrogen and oxygen atoms in total. The van der Waals surface area contributed by atoms with Gasteiger partial charge in [0.15, 0.2) is 5.78 Å². The Morgan fingerprint density at radius 2 is 1.23 bits per heavy atom. The maximum Gasteiger partial charge on any atom is 0.230 e. The number of aliphatic hydroxyl groups excluding tert-OH is 2. The van der Waals surface area contributed by atoms with E-state index < -0.39 is 12.7 Å². The summed E-state index contributed by atoms with van der Waals surface area (Å²) in [5.74, 6) is -0.217. The molecule has 184 valence electrons. The Balaban J connectivity index is 2.16. The molecule has 0 aromatic heterocycles. The van der Waals surface area contributed by atoms with Crippen LogP contribution in [0.25, 0.3) is 0 Å². The van der Waals surface area contributed by atoms with Gasteiger partial charge in [-0.1, -0.05) is 66.7 Å². The highest BCUT2D eigenvalue weighted by Gasteiger charge is 2.38. The molecule has 0 aliphatic heterocycles. The van der Waals surface area contributed by atoms with E-state index in [0.717, 1.165) is 5.56 Å². The van der Waals surface area contributed by atoms with E-state index in [9.17, 15) is 24.4 Å². The standard InChI is InChI=1S/C28H32NO5P/c1-20-18-21(2)27(22(3)26(20)25(32)19-29(14-16-30)15-17-31)28(33)35(34,23-10-6-4-7-11-23)24-12-8-5-9-13-24/h4-13,18,30-31H,14-17,19H2,1-3H3. The van der Waals surface area contributed by atoms with Gasteiger partial charge in [-0.05, 0) is 37.5 Å². The van der Waals surface area contributed by atoms with Crippen molar-refractivity contribution in [3.8, 4) is 0 Å². The Hall–Kier alpha value is -2.89. The average molecular weight is 494 g/mol. The lowest BCUT2D eigenvalue weighted by molar-refractivity contribution is 0.0892. The third-order valence-electron chi connectivity index (χ3n) is 6.19. The molecule has 2 N–H and O–H groups in total. The first-order valence-corrected chi connectivity index (χ1v) is 13.3. The molecule has 0 heterocycles. The van der Waals surface area contributed by atoms with Crippen molar-refractivity contribution in [2.75, 3.05) is 32.8 Å². The van der Waals surface area contributed by atoms with Crippen LogP contribution in [0, 0.1) is 20.8 Å². The van der Waals surface area contributed by atoms with E-state index in [4.69, 9.17) is 0 Å². The van der Waals surface area contributed by atoms with Gasteiger partial charge in [0.2, 0.25) is 12.7 Å². The summed E-state index contributed by atoms with van der Waals surface area (Å²) in [6, 6.07) is 19.3. The van der Waals surface area contributed by atoms with Crippen molar-refractivity contribution in [1.29, 1.82) is 0 Å². The largest absolute Gasteiger partial charge is 0.395 e. The van der Waals surface area contributed by atoms with Crippen molar-refractivity contribution in [1.82, 2.24) is 4.90 Å². The summed E-state index contributed by atoms with van der Waals surface area (Å²) in [4.78, 5) is 29.2. The van der Waals surface area contributed by atoms with Gasteiger partial charge in [0.05, 0.1) is 19.8 Å². The second kappa shape index (κ2) is 11.7. The van der Waals surface area contributed by atoms with Crippen LogP contribution >= 0.6 is 7.14 Å². The number of carbonyl (C=O) groups excluding carboxylic acids is 2. The molecule has 0 unspecified atom stereocenters. The molecule has 0 radical (unpaired) electrons. The summed E-state index contributed by atoms with van der Waals surface area (Å²) < 4.78 is 14.6. The van der Waals surface area contributed by atoms with Crippen LogP contribution in [0.5, 0.6) is 0 Å². The Kier molecular flexibility index (Phi) is 8.92. The predicted octanol–water partition coefficient (Wildman–Crippen LogP) is 3.24. The second-order valence-electron chi connectivity index (χ2n) is 8.62. The van der Waals surface area contributed by atoms with E-state index in [1.807, 2.05) is 19.1 Å². The minimum absolute atomic E-state index is 0.00543. The molecule has 0 bridgehead atoms. The van der Waals surface area contributed by atoms with Crippen LogP contribution in [0.15, 0.2) is 66.7 Å². The Morgan fingerprint density at radius 3 is 1.69 bits per heavy atom. The van der Waals surface area contributed by atoms with Crippen molar-refractivity contribution in [2.45, 2.75) is 20.8 Å². The fraction of sp³-hybridized carbons (Fsp3) is 0.286. The number of ketones is 1. The zero-order valence-corrected chi connectivity index (χ0v) is 21.3. The second-order valence-corrected chi connectivity index (χ2v) is 11.3. The highest BCUT2D eigenvalue weighted by Crippen LogP contribution is 2.48. The molecule has 0 amide bonds. The van der Waals surface area contributed by atoms with E-state index in [-0.39, 0.29) is 38.6 Å². The molecule has 0 saturated heterocycles. The molecule has 0 saturated carbocycles. The van der Waals surface area contributed by atoms with Crippen LogP contribution in [0.4, 0.5) is 0 Å². The Bertz CT molecular complexity index is 1190. The normalized spacial score (nSPS) is 11.6. The van der Waals surface area contributed by atoms with Gasteiger partial charge in [-0.2, -0.15) is 0 Å². The highest BCUT2D eigenvalue weighted by atomic mass is 31.2. The van der Waals surface area contributed by atoms with Crippen molar-refractivity contribution in [3.63, 3.8) is 0 Å². The predicted molar refractivity (Wildman–Crippen MR) is 140 cm³/mol. The third kappa shape index (κ3) is 5.52. The lowest BCUT2D eigenvalue weighted by Crippen LogP contribution is -2.35. The molecule has 0 fully saturated rings. The van der Waals surface area contributed by atoms with Crippen LogP contribution in [-0.4, -0.2) is 59.3 Å². The van der Waals surface area contributed by atoms with E-state index in [1.54, 1.807) is 73.3 Å². The lowest BCUT2D eigenvalue weighted by Gasteiger charge is -2.24. The smallest absolute Gasteiger partial charge is 0.230 e. The van der Waals surface area contributed by atoms with Gasteiger partial charge in [-0.3, -0.25) is 14.5 Å². The molecule has 3 aromatic rings. The van der Waals surface area contributed by atoms with Crippen molar-refractivity contribution >= 4 is 29.1 Å². The first-order valence-electron chi connectivity index (χ1n) is 11.6. The SMILES string of the molecule is Cc1cc(C)c(C(=O)P(=O)(c2ccccc2)c2ccccc2)c(C)c1C(=O)CN(CCO)CCO. The number of Topliss-reactive ketones (excluding diaryl/α,β-unsaturated/α-hetero) is 1. The number of hydrogen-bond donors (Lipinski definition) is 2. The van der Waals surface area contributed by atoms with Gasteiger partial charge in [0.25, 0.3) is 0 Å². The minimum Gasteiger partial charge on any atom is -0.395 e. The molecule has 0 aliphatic carbocycles. The van der Waals surface area contributed by atoms with Gasteiger partial charge < -0.3 is 14.8 Å². The number of carbonyl (C=O) groups is 2. The van der Waals surface area contributed by atoms with E-state index in [0.29, 0.717) is 32.9 Å². The molecule has 35 heavy (non-hydrogen) atoms. The number of benzene rings is 3. The zero-order chi connectivity index (χ0) is 25.6. The number of nitrogens with zero attached hydrogens (tertiary/aromatic N) is 1. The van der Waals surface area contributed by atoms with E-state index in [2.05, 4.69) is 0 Å². The number of hydrogen-bond acceptors (Lipinski definition) is 6. The minimum atomic E-state index is -3.73. The number of aliphatic hydroxyl groups is 2. The summed E-state index contributed by atoms with van der Waals surface area (Å²) in [6.45, 7) is 5.56. The summed E-state index contributed by atoms with van der Waals surface area (Å²) >= 11 is 0. The maximum atomic E-state index is 14.6. The molecular weight excluding hydrogens is 461 g/mol. The Labute approximate surface area is 206 Å². The Morgan fingerprint density at radius 1 is 0.771 bits per heavy atom. The average Bonchev–Trinajstić information content (AvgIpc) is 2.84. The van der Waals surface area contributed by atoms with Crippen LogP contribution in [0.2, 0.25) is 0 Å². The van der Waals surface area contributed by atoms with E-state index in [1.165, 1.54) is 0 Å². The zero-order valence-electron chi connectivity index (χ0n) is 20.4. The van der Waals surface area contributed by atoms with Gasteiger partial charge in [-0.15, -0.1) is 0 Å². The fourth-order valence-electron chi connectivity index (χ4n) is 4.60. The first kappa shape index (κ1) is 26.7. The topological polar surface area (TPSA) is 94.9 Å². The monoisotopic (exact) mass is 493 g/mol. The highest BCUT2D eigenvalue weighted by molar-refractivity contribution is 7.93. The molecule has 0 aliphatic rings. The van der Waals surface area contributed by atoms with Gasteiger partial charge in [-0.25, -0.2) is 0 Å². The van der Waals surface area contributed by atoms with Crippen LogP contribution in [-0.2, 0) is 4.57 Å². The number of aryl methyl sites for hydroxylation is 2. The molecule has 7 heteroatoms. The molecule has 0 atom stereocenters.